The van der Waals surface area contributed by atoms with Crippen molar-refractivity contribution in [2.24, 2.45) is 0 Å². The molecule has 2 heterocycles. The van der Waals surface area contributed by atoms with Crippen molar-refractivity contribution in [3.05, 3.63) is 77.5 Å². The van der Waals surface area contributed by atoms with Gasteiger partial charge in [0.2, 0.25) is 5.91 Å². The van der Waals surface area contributed by atoms with E-state index in [0.717, 1.165) is 27.5 Å². The lowest BCUT2D eigenvalue weighted by molar-refractivity contribution is -0.122. The van der Waals surface area contributed by atoms with E-state index in [1.54, 1.807) is 0 Å². The second kappa shape index (κ2) is 8.61. The fraction of sp³-hybridized carbons (Fsp3) is 0.192. The van der Waals surface area contributed by atoms with E-state index in [1.807, 2.05) is 42.5 Å². The number of rotatable bonds is 5. The van der Waals surface area contributed by atoms with Gasteiger partial charge in [-0.1, -0.05) is 29.5 Å². The quantitative estimate of drug-likeness (QED) is 0.196. The summed E-state index contributed by atoms with van der Waals surface area (Å²) in [5.41, 5.74) is 4.87. The molecule has 0 saturated heterocycles. The Morgan fingerprint density at radius 2 is 1.70 bits per heavy atom. The number of anilines is 1. The van der Waals surface area contributed by atoms with Crippen LogP contribution in [0.1, 0.15) is 24.4 Å². The van der Waals surface area contributed by atoms with Gasteiger partial charge in [-0.25, -0.2) is 22.2 Å². The molecule has 11 heteroatoms. The molecule has 0 bridgehead atoms. The van der Waals surface area contributed by atoms with Gasteiger partial charge in [-0.3, -0.25) is 4.79 Å². The molecule has 0 spiro atoms. The van der Waals surface area contributed by atoms with E-state index in [1.165, 1.54) is 10.9 Å². The number of benzene rings is 3. The summed E-state index contributed by atoms with van der Waals surface area (Å²) in [6.07, 6.45) is 2.42. The minimum Gasteiger partial charge on any atom is -0.456 e. The number of nitrogens with two attached hydrogens (primary N) is 1. The molecule has 0 unspecified atom stereocenters. The molecule has 37 heavy (non-hydrogen) atoms. The second-order valence-corrected chi connectivity index (χ2v) is 9.12. The lowest BCUT2D eigenvalue weighted by Gasteiger charge is -2.35. The lowest BCUT2D eigenvalue weighted by Crippen LogP contribution is -2.45. The van der Waals surface area contributed by atoms with Gasteiger partial charge in [0.15, 0.2) is 23.3 Å². The third-order valence-electron chi connectivity index (χ3n) is 6.72. The highest BCUT2D eigenvalue weighted by atomic mass is 19.2. The van der Waals surface area contributed by atoms with E-state index in [-0.39, 0.29) is 30.1 Å². The smallest absolute Gasteiger partial charge is 0.224 e. The SMILES string of the molecule is Nc1c(F)c(F)c(-c2cn(C3CC(NC(=O)Cc4ccc5oc6ccccc6c5c4)C3)nn2)c(F)c1F. The Morgan fingerprint density at radius 1 is 1.00 bits per heavy atom. The summed E-state index contributed by atoms with van der Waals surface area (Å²) in [4.78, 5) is 12.6. The molecule has 3 N–H and O–H groups in total. The number of para-hydroxylation sites is 1. The van der Waals surface area contributed by atoms with E-state index in [0.29, 0.717) is 12.8 Å². The summed E-state index contributed by atoms with van der Waals surface area (Å²) in [5.74, 6) is -6.79. The number of amides is 1. The molecule has 7 nitrogen and oxygen atoms in total. The number of hydrogen-bond donors (Lipinski definition) is 2. The van der Waals surface area contributed by atoms with Crippen molar-refractivity contribution in [2.75, 3.05) is 5.73 Å². The molecule has 1 aliphatic rings. The van der Waals surface area contributed by atoms with Crippen LogP contribution >= 0.6 is 0 Å². The molecule has 0 aliphatic heterocycles. The maximum absolute atomic E-state index is 14.2. The monoisotopic (exact) mass is 509 g/mol. The summed E-state index contributed by atoms with van der Waals surface area (Å²) in [5, 5.41) is 12.4. The van der Waals surface area contributed by atoms with Crippen molar-refractivity contribution >= 4 is 33.5 Å². The van der Waals surface area contributed by atoms with Crippen LogP contribution in [0, 0.1) is 23.3 Å². The van der Waals surface area contributed by atoms with Gasteiger partial charge in [-0.2, -0.15) is 0 Å². The number of hydrogen-bond acceptors (Lipinski definition) is 5. The zero-order chi connectivity index (χ0) is 25.8. The van der Waals surface area contributed by atoms with Gasteiger partial charge in [-0.05, 0) is 36.6 Å². The number of halogens is 4. The topological polar surface area (TPSA) is 99.0 Å². The Balaban J connectivity index is 1.10. The van der Waals surface area contributed by atoms with Crippen LogP contribution in [0.3, 0.4) is 0 Å². The van der Waals surface area contributed by atoms with Gasteiger partial charge in [0, 0.05) is 16.8 Å². The van der Waals surface area contributed by atoms with Gasteiger partial charge in [0.05, 0.1) is 24.2 Å². The van der Waals surface area contributed by atoms with Crippen LogP contribution in [0.5, 0.6) is 0 Å². The van der Waals surface area contributed by atoms with E-state index >= 15 is 0 Å². The van der Waals surface area contributed by atoms with Crippen molar-refractivity contribution in [1.82, 2.24) is 20.3 Å². The van der Waals surface area contributed by atoms with Crippen molar-refractivity contribution < 1.29 is 26.8 Å². The number of nitrogens with one attached hydrogen (secondary N) is 1. The molecule has 2 aromatic heterocycles. The molecule has 188 valence electrons. The predicted octanol–water partition coefficient (Wildman–Crippen LogP) is 5.05. The van der Waals surface area contributed by atoms with Crippen LogP contribution in [-0.4, -0.2) is 26.9 Å². The summed E-state index contributed by atoms with van der Waals surface area (Å²) in [6, 6.07) is 13.0. The van der Waals surface area contributed by atoms with Crippen molar-refractivity contribution in [3.63, 3.8) is 0 Å². The van der Waals surface area contributed by atoms with E-state index in [9.17, 15) is 22.4 Å². The molecule has 1 amide bonds. The minimum atomic E-state index is -1.69. The first-order valence-electron chi connectivity index (χ1n) is 11.5. The third-order valence-corrected chi connectivity index (χ3v) is 6.72. The number of aromatic nitrogens is 3. The number of carbonyl (C=O) groups excluding carboxylic acids is 1. The molecular formula is C26H19F4N5O2. The molecule has 3 aromatic carbocycles. The first-order chi connectivity index (χ1) is 17.8. The summed E-state index contributed by atoms with van der Waals surface area (Å²) in [7, 11) is 0. The molecule has 6 rings (SSSR count). The zero-order valence-corrected chi connectivity index (χ0v) is 19.1. The molecular weight excluding hydrogens is 490 g/mol. The largest absolute Gasteiger partial charge is 0.456 e. The molecule has 0 atom stereocenters. The summed E-state index contributed by atoms with van der Waals surface area (Å²) >= 11 is 0. The van der Waals surface area contributed by atoms with E-state index in [2.05, 4.69) is 15.6 Å². The van der Waals surface area contributed by atoms with Gasteiger partial charge in [-0.15, -0.1) is 5.10 Å². The fourth-order valence-electron chi connectivity index (χ4n) is 4.71. The molecule has 1 saturated carbocycles. The average molecular weight is 509 g/mol. The summed E-state index contributed by atoms with van der Waals surface area (Å²) in [6.45, 7) is 0. The van der Waals surface area contributed by atoms with Gasteiger partial charge >= 0.3 is 0 Å². The highest BCUT2D eigenvalue weighted by Crippen LogP contribution is 2.35. The Hall–Kier alpha value is -4.41. The third kappa shape index (κ3) is 3.87. The van der Waals surface area contributed by atoms with Crippen LogP contribution < -0.4 is 11.1 Å². The Labute approximate surface area is 206 Å². The predicted molar refractivity (Wildman–Crippen MR) is 127 cm³/mol. The Morgan fingerprint density at radius 3 is 2.46 bits per heavy atom. The van der Waals surface area contributed by atoms with E-state index in [4.69, 9.17) is 10.2 Å². The molecule has 1 aliphatic carbocycles. The van der Waals surface area contributed by atoms with Crippen LogP contribution in [0.2, 0.25) is 0 Å². The maximum atomic E-state index is 14.2. The number of fused-ring (bicyclic) bond motifs is 3. The standard InChI is InChI=1S/C26H19F4N5O2/c27-22-21(23(28)25(30)26(31)24(22)29)17-11-35(34-33-17)14-9-13(10-14)32-20(36)8-12-5-6-19-16(7-12)15-3-1-2-4-18(15)37-19/h1-7,11,13-14H,8-10,31H2,(H,32,36). The van der Waals surface area contributed by atoms with Crippen LogP contribution in [0.4, 0.5) is 23.2 Å². The molecule has 5 aromatic rings. The van der Waals surface area contributed by atoms with Gasteiger partial charge in [0.1, 0.15) is 22.5 Å². The first-order valence-corrected chi connectivity index (χ1v) is 11.5. The van der Waals surface area contributed by atoms with Crippen molar-refractivity contribution in [2.45, 2.75) is 31.3 Å². The normalized spacial score (nSPS) is 17.3. The van der Waals surface area contributed by atoms with E-state index < -0.39 is 34.5 Å². The van der Waals surface area contributed by atoms with Gasteiger partial charge in [0.25, 0.3) is 0 Å². The highest BCUT2D eigenvalue weighted by molar-refractivity contribution is 6.05. The van der Waals surface area contributed by atoms with Crippen molar-refractivity contribution in [1.29, 1.82) is 0 Å². The van der Waals surface area contributed by atoms with Crippen LogP contribution in [0.25, 0.3) is 33.2 Å². The molecule has 1 fully saturated rings. The summed E-state index contributed by atoms with van der Waals surface area (Å²) < 4.78 is 63.3. The number of nitrogen functional groups attached to an aromatic ring is 1. The highest BCUT2D eigenvalue weighted by Gasteiger charge is 2.33. The lowest BCUT2D eigenvalue weighted by atomic mass is 9.86. The number of nitrogens with zero attached hydrogens (tertiary/aromatic N) is 3. The van der Waals surface area contributed by atoms with Crippen molar-refractivity contribution in [3.8, 4) is 11.3 Å². The Kier molecular flexibility index (Phi) is 5.36. The number of carbonyl (C=O) groups is 1. The first kappa shape index (κ1) is 23.0. The average Bonchev–Trinajstić information content (AvgIpc) is 3.48. The van der Waals surface area contributed by atoms with Gasteiger partial charge < -0.3 is 15.5 Å². The fourth-order valence-corrected chi connectivity index (χ4v) is 4.71. The maximum Gasteiger partial charge on any atom is 0.224 e. The minimum absolute atomic E-state index is 0.122. The van der Waals surface area contributed by atoms with Crippen LogP contribution in [0.15, 0.2) is 53.1 Å². The Bertz CT molecular complexity index is 1660. The zero-order valence-electron chi connectivity index (χ0n) is 19.1. The molecule has 0 radical (unpaired) electrons. The number of furan rings is 1. The van der Waals surface area contributed by atoms with Crippen LogP contribution in [-0.2, 0) is 11.2 Å². The second-order valence-electron chi connectivity index (χ2n) is 9.12.